The number of hydrogen-bond acceptors (Lipinski definition) is 8. The first-order valence-corrected chi connectivity index (χ1v) is 13.5. The number of halogens is 1. The molecule has 0 radical (unpaired) electrons. The van der Waals surface area contributed by atoms with Crippen molar-refractivity contribution in [2.75, 3.05) is 23.7 Å². The van der Waals surface area contributed by atoms with Crippen molar-refractivity contribution in [3.8, 4) is 16.3 Å². The summed E-state index contributed by atoms with van der Waals surface area (Å²) in [4.78, 5) is 39.3. The minimum Gasteiger partial charge on any atom is -0.505 e. The Morgan fingerprint density at radius 3 is 2.67 bits per heavy atom. The number of aromatic hydroxyl groups is 1. The molecule has 39 heavy (non-hydrogen) atoms. The van der Waals surface area contributed by atoms with Gasteiger partial charge in [0.05, 0.1) is 17.4 Å². The summed E-state index contributed by atoms with van der Waals surface area (Å²) in [6.45, 7) is 2.82. The zero-order chi connectivity index (χ0) is 27.3. The van der Waals surface area contributed by atoms with Gasteiger partial charge in [0.1, 0.15) is 21.6 Å². The van der Waals surface area contributed by atoms with E-state index in [9.17, 15) is 24.2 Å². The average Bonchev–Trinajstić information content (AvgIpc) is 3.69. The summed E-state index contributed by atoms with van der Waals surface area (Å²) in [5, 5.41) is 26.9. The van der Waals surface area contributed by atoms with Gasteiger partial charge in [-0.05, 0) is 49.8 Å². The number of aromatic amines is 1. The Morgan fingerprint density at radius 2 is 1.95 bits per heavy atom. The molecule has 202 valence electrons. The highest BCUT2D eigenvalue weighted by molar-refractivity contribution is 7.17. The number of benzene rings is 1. The van der Waals surface area contributed by atoms with Crippen LogP contribution in [-0.2, 0) is 4.79 Å². The Hall–Kier alpha value is -4.03. The predicted octanol–water partition coefficient (Wildman–Crippen LogP) is 3.81. The van der Waals surface area contributed by atoms with Crippen molar-refractivity contribution >= 4 is 45.6 Å². The number of phenols is 1. The summed E-state index contributed by atoms with van der Waals surface area (Å²) in [6.07, 6.45) is 5.85. The van der Waals surface area contributed by atoms with Gasteiger partial charge < -0.3 is 30.7 Å². The summed E-state index contributed by atoms with van der Waals surface area (Å²) in [5.41, 5.74) is 2.61. The Labute approximate surface area is 226 Å². The van der Waals surface area contributed by atoms with Crippen molar-refractivity contribution in [3.05, 3.63) is 53.6 Å². The van der Waals surface area contributed by atoms with Gasteiger partial charge in [0.25, 0.3) is 11.8 Å². The standard InChI is InChI=1S/C27H27FN6O4S/c1-13(35)27(38)34-11-14-6-17(7-15(14)12-34)32-23-18-4-5-29-24(18)30-9-19(23)26-31-10-22(39-26)25(37)33-16-2-3-21(36)20(28)8-16/h2-5,8-10,13-15,17,35-36H,6-7,11-12H2,1H3,(H,33,37)(H2,29,30,32)/t13-,14-,15+,17?/m0/s1. The van der Waals surface area contributed by atoms with E-state index in [1.807, 2.05) is 12.3 Å². The molecule has 0 spiro atoms. The Balaban J connectivity index is 1.21. The van der Waals surface area contributed by atoms with Crippen LogP contribution in [0.3, 0.4) is 0 Å². The first-order valence-electron chi connectivity index (χ1n) is 12.7. The number of fused-ring (bicyclic) bond motifs is 2. The molecule has 0 bridgehead atoms. The van der Waals surface area contributed by atoms with E-state index in [0.717, 1.165) is 41.2 Å². The van der Waals surface area contributed by atoms with Crippen LogP contribution in [0.4, 0.5) is 15.8 Å². The highest BCUT2D eigenvalue weighted by Crippen LogP contribution is 2.42. The fraction of sp³-hybridized carbons (Fsp3) is 0.333. The number of anilines is 2. The normalized spacial score (nSPS) is 21.2. The van der Waals surface area contributed by atoms with E-state index in [2.05, 4.69) is 25.6 Å². The van der Waals surface area contributed by atoms with Crippen LogP contribution < -0.4 is 10.6 Å². The maximum absolute atomic E-state index is 13.7. The molecule has 4 heterocycles. The molecule has 1 saturated heterocycles. The lowest BCUT2D eigenvalue weighted by atomic mass is 10.0. The molecule has 1 aliphatic heterocycles. The molecule has 2 fully saturated rings. The molecule has 3 aromatic heterocycles. The number of H-pyrrole nitrogens is 1. The van der Waals surface area contributed by atoms with E-state index in [0.29, 0.717) is 34.8 Å². The molecule has 2 aliphatic rings. The Bertz CT molecular complexity index is 1550. The largest absolute Gasteiger partial charge is 0.505 e. The summed E-state index contributed by atoms with van der Waals surface area (Å²) >= 11 is 1.20. The monoisotopic (exact) mass is 550 g/mol. The molecule has 5 N–H and O–H groups in total. The number of hydrogen-bond donors (Lipinski definition) is 5. The van der Waals surface area contributed by atoms with E-state index in [-0.39, 0.29) is 17.6 Å². The number of thiazole rings is 1. The van der Waals surface area contributed by atoms with Crippen LogP contribution in [0.25, 0.3) is 21.6 Å². The van der Waals surface area contributed by atoms with Crippen molar-refractivity contribution in [3.63, 3.8) is 0 Å². The van der Waals surface area contributed by atoms with Crippen molar-refractivity contribution in [1.82, 2.24) is 19.9 Å². The number of rotatable bonds is 6. The first kappa shape index (κ1) is 25.3. The number of aliphatic hydroxyl groups is 1. The second-order valence-corrected chi connectivity index (χ2v) is 11.2. The van der Waals surface area contributed by atoms with Crippen LogP contribution in [0.5, 0.6) is 5.75 Å². The maximum atomic E-state index is 13.7. The van der Waals surface area contributed by atoms with E-state index in [4.69, 9.17) is 0 Å². The lowest BCUT2D eigenvalue weighted by Gasteiger charge is -2.22. The lowest BCUT2D eigenvalue weighted by Crippen LogP contribution is -2.37. The molecule has 6 rings (SSSR count). The van der Waals surface area contributed by atoms with Gasteiger partial charge in [0.2, 0.25) is 0 Å². The van der Waals surface area contributed by atoms with Crippen LogP contribution in [0.2, 0.25) is 0 Å². The number of aromatic nitrogens is 3. The second kappa shape index (κ2) is 9.93. The van der Waals surface area contributed by atoms with Crippen LogP contribution in [0, 0.1) is 17.7 Å². The van der Waals surface area contributed by atoms with Gasteiger partial charge >= 0.3 is 0 Å². The van der Waals surface area contributed by atoms with Crippen LogP contribution in [0.1, 0.15) is 29.4 Å². The third kappa shape index (κ3) is 4.81. The van der Waals surface area contributed by atoms with E-state index >= 15 is 0 Å². The van der Waals surface area contributed by atoms with Gasteiger partial charge in [-0.15, -0.1) is 11.3 Å². The number of likely N-dealkylation sites (tertiary alicyclic amines) is 1. The second-order valence-electron chi connectivity index (χ2n) is 10.2. The fourth-order valence-corrected chi connectivity index (χ4v) is 6.50. The van der Waals surface area contributed by atoms with E-state index in [1.54, 1.807) is 11.1 Å². The highest BCUT2D eigenvalue weighted by Gasteiger charge is 2.43. The number of carbonyl (C=O) groups is 2. The van der Waals surface area contributed by atoms with Gasteiger partial charge in [0, 0.05) is 48.7 Å². The zero-order valence-corrected chi connectivity index (χ0v) is 21.8. The van der Waals surface area contributed by atoms with Crippen LogP contribution >= 0.6 is 11.3 Å². The molecule has 1 saturated carbocycles. The van der Waals surface area contributed by atoms with Crippen LogP contribution in [0.15, 0.2) is 42.9 Å². The van der Waals surface area contributed by atoms with Crippen molar-refractivity contribution in [1.29, 1.82) is 0 Å². The molecule has 1 aliphatic carbocycles. The number of nitrogens with zero attached hydrogens (tertiary/aromatic N) is 3. The third-order valence-corrected chi connectivity index (χ3v) is 8.55. The molecular formula is C27H27FN6O4S. The average molecular weight is 551 g/mol. The summed E-state index contributed by atoms with van der Waals surface area (Å²) in [6, 6.07) is 5.79. The molecule has 4 atom stereocenters. The SMILES string of the molecule is C[C@H](O)C(=O)N1C[C@H]2CC(Nc3c(-c4ncc(C(=O)Nc5ccc(O)c(F)c5)s4)cnc4[nH]ccc34)C[C@H]2C1. The fourth-order valence-electron chi connectivity index (χ4n) is 5.67. The number of nitrogens with one attached hydrogen (secondary N) is 3. The minimum atomic E-state index is -0.980. The van der Waals surface area contributed by atoms with Gasteiger partial charge in [-0.2, -0.15) is 0 Å². The third-order valence-electron chi connectivity index (χ3n) is 7.52. The van der Waals surface area contributed by atoms with Gasteiger partial charge in [-0.3, -0.25) is 9.59 Å². The summed E-state index contributed by atoms with van der Waals surface area (Å²) in [5.74, 6) is -1.21. The zero-order valence-electron chi connectivity index (χ0n) is 21.0. The Kier molecular flexibility index (Phi) is 6.43. The molecule has 2 amide bonds. The van der Waals surface area contributed by atoms with Crippen molar-refractivity contribution in [2.24, 2.45) is 11.8 Å². The van der Waals surface area contributed by atoms with Crippen LogP contribution in [-0.4, -0.2) is 67.1 Å². The number of phenolic OH excluding ortho intramolecular Hbond substituents is 1. The highest BCUT2D eigenvalue weighted by atomic mass is 32.1. The van der Waals surface area contributed by atoms with E-state index < -0.39 is 23.6 Å². The van der Waals surface area contributed by atoms with Crippen molar-refractivity contribution < 1.29 is 24.2 Å². The molecule has 1 aromatic carbocycles. The first-order chi connectivity index (χ1) is 18.8. The number of aliphatic hydroxyl groups excluding tert-OH is 1. The van der Waals surface area contributed by atoms with Gasteiger partial charge in [-0.25, -0.2) is 14.4 Å². The molecular weight excluding hydrogens is 523 g/mol. The number of carbonyl (C=O) groups excluding carboxylic acids is 2. The topological polar surface area (TPSA) is 143 Å². The maximum Gasteiger partial charge on any atom is 0.267 e. The van der Waals surface area contributed by atoms with Gasteiger partial charge in [-0.1, -0.05) is 0 Å². The quantitative estimate of drug-likeness (QED) is 0.230. The Morgan fingerprint density at radius 1 is 1.18 bits per heavy atom. The molecule has 12 heteroatoms. The van der Waals surface area contributed by atoms with Crippen molar-refractivity contribution in [2.45, 2.75) is 31.9 Å². The molecule has 4 aromatic rings. The number of pyridine rings is 1. The molecule has 10 nitrogen and oxygen atoms in total. The van der Waals surface area contributed by atoms with E-state index in [1.165, 1.54) is 36.6 Å². The molecule has 1 unspecified atom stereocenters. The smallest absolute Gasteiger partial charge is 0.267 e. The number of amides is 2. The summed E-state index contributed by atoms with van der Waals surface area (Å²) in [7, 11) is 0. The summed E-state index contributed by atoms with van der Waals surface area (Å²) < 4.78 is 13.7. The van der Waals surface area contributed by atoms with Gasteiger partial charge in [0.15, 0.2) is 11.6 Å². The lowest BCUT2D eigenvalue weighted by molar-refractivity contribution is -0.138. The minimum absolute atomic E-state index is 0.190. The predicted molar refractivity (Wildman–Crippen MR) is 145 cm³/mol.